The molecule has 1 heterocycles. The Morgan fingerprint density at radius 1 is 1.38 bits per heavy atom. The molecular weight excluding hydrogens is 300 g/mol. The van der Waals surface area contributed by atoms with E-state index in [4.69, 9.17) is 0 Å². The van der Waals surface area contributed by atoms with E-state index in [-0.39, 0.29) is 23.8 Å². The Balaban J connectivity index is 1.45. The number of nitrogens with one attached hydrogen (secondary N) is 1. The average Bonchev–Trinajstić information content (AvgIpc) is 3.27. The van der Waals surface area contributed by atoms with Gasteiger partial charge in [0.15, 0.2) is 0 Å². The molecule has 1 N–H and O–H groups in total. The molecule has 1 aromatic rings. The Hall–Kier alpha value is -1.84. The molecule has 1 aliphatic carbocycles. The highest BCUT2D eigenvalue weighted by atomic mass is 16.2. The summed E-state index contributed by atoms with van der Waals surface area (Å²) in [4.78, 5) is 26.2. The summed E-state index contributed by atoms with van der Waals surface area (Å²) in [6, 6.07) is 8.61. The average molecular weight is 328 g/mol. The van der Waals surface area contributed by atoms with Gasteiger partial charge in [-0.05, 0) is 49.7 Å². The number of aryl methyl sites for hydroxylation is 1. The first kappa shape index (κ1) is 17.0. The third-order valence-corrected chi connectivity index (χ3v) is 5.51. The highest BCUT2D eigenvalue weighted by Crippen LogP contribution is 2.48. The minimum Gasteiger partial charge on any atom is -0.356 e. The summed E-state index contributed by atoms with van der Waals surface area (Å²) >= 11 is 0. The van der Waals surface area contributed by atoms with Gasteiger partial charge in [-0.25, -0.2) is 0 Å². The molecule has 4 nitrogen and oxygen atoms in total. The van der Waals surface area contributed by atoms with Crippen LogP contribution >= 0.6 is 0 Å². The van der Waals surface area contributed by atoms with E-state index in [2.05, 4.69) is 37.4 Å². The highest BCUT2D eigenvalue weighted by Gasteiger charge is 2.44. The molecule has 24 heavy (non-hydrogen) atoms. The molecular formula is C20H28N2O2. The van der Waals surface area contributed by atoms with E-state index in [0.29, 0.717) is 18.9 Å². The van der Waals surface area contributed by atoms with E-state index in [0.717, 1.165) is 32.2 Å². The van der Waals surface area contributed by atoms with Crippen molar-refractivity contribution in [2.75, 3.05) is 13.1 Å². The second-order valence-electron chi connectivity index (χ2n) is 7.14. The smallest absolute Gasteiger partial charge is 0.223 e. The number of rotatable bonds is 7. The van der Waals surface area contributed by atoms with Crippen molar-refractivity contribution in [3.8, 4) is 0 Å². The number of amides is 2. The lowest BCUT2D eigenvalue weighted by Crippen LogP contribution is -2.39. The van der Waals surface area contributed by atoms with Gasteiger partial charge in [-0.1, -0.05) is 31.2 Å². The van der Waals surface area contributed by atoms with Gasteiger partial charge < -0.3 is 10.2 Å². The molecule has 2 aliphatic rings. The van der Waals surface area contributed by atoms with E-state index >= 15 is 0 Å². The summed E-state index contributed by atoms with van der Waals surface area (Å²) in [6.45, 7) is 5.77. The fourth-order valence-corrected chi connectivity index (χ4v) is 3.96. The van der Waals surface area contributed by atoms with Crippen molar-refractivity contribution in [1.29, 1.82) is 0 Å². The number of hydrogen-bond donors (Lipinski definition) is 1. The van der Waals surface area contributed by atoms with Gasteiger partial charge in [-0.3, -0.25) is 9.59 Å². The molecule has 3 atom stereocenters. The van der Waals surface area contributed by atoms with E-state index < -0.39 is 0 Å². The van der Waals surface area contributed by atoms with E-state index in [9.17, 15) is 9.59 Å². The Kier molecular flexibility index (Phi) is 5.22. The first-order chi connectivity index (χ1) is 11.6. The van der Waals surface area contributed by atoms with Gasteiger partial charge in [0.2, 0.25) is 11.8 Å². The van der Waals surface area contributed by atoms with Gasteiger partial charge in [0.1, 0.15) is 0 Å². The van der Waals surface area contributed by atoms with Gasteiger partial charge in [0.05, 0.1) is 0 Å². The molecule has 1 saturated carbocycles. The number of carbonyl (C=O) groups excluding carboxylic acids is 2. The molecule has 0 aromatic heterocycles. The fraction of sp³-hybridized carbons (Fsp3) is 0.600. The highest BCUT2D eigenvalue weighted by molar-refractivity contribution is 5.83. The van der Waals surface area contributed by atoms with Crippen LogP contribution in [0.15, 0.2) is 24.3 Å². The van der Waals surface area contributed by atoms with Crippen molar-refractivity contribution in [3.05, 3.63) is 35.4 Å². The third kappa shape index (κ3) is 3.63. The zero-order valence-corrected chi connectivity index (χ0v) is 14.8. The summed E-state index contributed by atoms with van der Waals surface area (Å²) in [5, 5.41) is 3.09. The van der Waals surface area contributed by atoms with Gasteiger partial charge >= 0.3 is 0 Å². The fourth-order valence-electron chi connectivity index (χ4n) is 3.96. The van der Waals surface area contributed by atoms with Crippen LogP contribution in [0.1, 0.15) is 56.1 Å². The van der Waals surface area contributed by atoms with Crippen molar-refractivity contribution in [3.63, 3.8) is 0 Å². The van der Waals surface area contributed by atoms with Gasteiger partial charge in [-0.2, -0.15) is 0 Å². The maximum absolute atomic E-state index is 12.4. The van der Waals surface area contributed by atoms with Crippen LogP contribution in [0.2, 0.25) is 0 Å². The summed E-state index contributed by atoms with van der Waals surface area (Å²) in [5.74, 6) is 0.953. The number of benzene rings is 1. The SMILES string of the molecule is CCC(CCNC(=O)C1CC1c1ccccc1C)N1CCCC1=O. The molecule has 0 spiro atoms. The first-order valence-corrected chi connectivity index (χ1v) is 9.24. The van der Waals surface area contributed by atoms with E-state index in [1.807, 2.05) is 11.0 Å². The van der Waals surface area contributed by atoms with Crippen LogP contribution in [0.5, 0.6) is 0 Å². The Bertz CT molecular complexity index is 613. The molecule has 2 fully saturated rings. The van der Waals surface area contributed by atoms with Gasteiger partial charge in [-0.15, -0.1) is 0 Å². The molecule has 1 saturated heterocycles. The molecule has 0 radical (unpaired) electrons. The monoisotopic (exact) mass is 328 g/mol. The molecule has 1 aliphatic heterocycles. The molecule has 4 heteroatoms. The third-order valence-electron chi connectivity index (χ3n) is 5.51. The zero-order valence-electron chi connectivity index (χ0n) is 14.8. The lowest BCUT2D eigenvalue weighted by Gasteiger charge is -2.26. The van der Waals surface area contributed by atoms with Crippen LogP contribution in [0, 0.1) is 12.8 Å². The van der Waals surface area contributed by atoms with Crippen molar-refractivity contribution < 1.29 is 9.59 Å². The number of nitrogens with zero attached hydrogens (tertiary/aromatic N) is 1. The Labute approximate surface area is 144 Å². The summed E-state index contributed by atoms with van der Waals surface area (Å²) in [6.07, 6.45) is 4.43. The molecule has 3 unspecified atom stereocenters. The number of carbonyl (C=O) groups is 2. The standard InChI is InChI=1S/C20H28N2O2/c1-3-15(22-12-6-9-19(22)23)10-11-21-20(24)18-13-17(18)16-8-5-4-7-14(16)2/h4-5,7-8,15,17-18H,3,6,9-13H2,1-2H3,(H,21,24). The lowest BCUT2D eigenvalue weighted by atomic mass is 10.0. The summed E-state index contributed by atoms with van der Waals surface area (Å²) < 4.78 is 0. The minimum absolute atomic E-state index is 0.125. The molecule has 0 bridgehead atoms. The van der Waals surface area contributed by atoms with Crippen LogP contribution in [0.25, 0.3) is 0 Å². The molecule has 2 amide bonds. The quantitative estimate of drug-likeness (QED) is 0.836. The van der Waals surface area contributed by atoms with E-state index in [1.54, 1.807) is 0 Å². The predicted molar refractivity (Wildman–Crippen MR) is 94.7 cm³/mol. The number of hydrogen-bond acceptors (Lipinski definition) is 2. The van der Waals surface area contributed by atoms with Crippen LogP contribution in [0.3, 0.4) is 0 Å². The first-order valence-electron chi connectivity index (χ1n) is 9.24. The lowest BCUT2D eigenvalue weighted by molar-refractivity contribution is -0.129. The van der Waals surface area contributed by atoms with Crippen molar-refractivity contribution in [2.45, 2.75) is 57.9 Å². The van der Waals surface area contributed by atoms with Crippen LogP contribution in [-0.4, -0.2) is 35.8 Å². The van der Waals surface area contributed by atoms with Crippen molar-refractivity contribution >= 4 is 11.8 Å². The van der Waals surface area contributed by atoms with Crippen LogP contribution < -0.4 is 5.32 Å². The second kappa shape index (κ2) is 7.37. The molecule has 1 aromatic carbocycles. The zero-order chi connectivity index (χ0) is 17.1. The Morgan fingerprint density at radius 3 is 2.83 bits per heavy atom. The van der Waals surface area contributed by atoms with Crippen LogP contribution in [0.4, 0.5) is 0 Å². The van der Waals surface area contributed by atoms with Crippen LogP contribution in [-0.2, 0) is 9.59 Å². The van der Waals surface area contributed by atoms with Crippen molar-refractivity contribution in [2.24, 2.45) is 5.92 Å². The second-order valence-corrected chi connectivity index (χ2v) is 7.14. The number of likely N-dealkylation sites (tertiary alicyclic amines) is 1. The predicted octanol–water partition coefficient (Wildman–Crippen LogP) is 3.01. The van der Waals surface area contributed by atoms with Crippen molar-refractivity contribution in [1.82, 2.24) is 10.2 Å². The normalized spacial score (nSPS) is 24.1. The largest absolute Gasteiger partial charge is 0.356 e. The topological polar surface area (TPSA) is 49.4 Å². The van der Waals surface area contributed by atoms with Gasteiger partial charge in [0, 0.05) is 31.5 Å². The van der Waals surface area contributed by atoms with Gasteiger partial charge in [0.25, 0.3) is 0 Å². The Morgan fingerprint density at radius 2 is 2.17 bits per heavy atom. The summed E-state index contributed by atoms with van der Waals surface area (Å²) in [5.41, 5.74) is 2.59. The van der Waals surface area contributed by atoms with E-state index in [1.165, 1.54) is 11.1 Å². The maximum atomic E-state index is 12.4. The molecule has 3 rings (SSSR count). The minimum atomic E-state index is 0.125. The summed E-state index contributed by atoms with van der Waals surface area (Å²) in [7, 11) is 0. The molecule has 130 valence electrons. The maximum Gasteiger partial charge on any atom is 0.223 e.